The number of piperidine rings is 2. The van der Waals surface area contributed by atoms with Crippen LogP contribution in [0, 0.1) is 0 Å². The SMILES string of the molecule is CN1CCC(N2CCC[C@@H](Nc3nnc(-c4ccc(C(F)(F)F)cc4)c4cccnc34)C2)CC1. The van der Waals surface area contributed by atoms with Gasteiger partial charge in [-0.1, -0.05) is 12.1 Å². The lowest BCUT2D eigenvalue weighted by Gasteiger charge is -2.41. The van der Waals surface area contributed by atoms with Gasteiger partial charge in [0.05, 0.1) is 5.56 Å². The Kier molecular flexibility index (Phi) is 6.40. The normalized spacial score (nSPS) is 21.1. The number of nitrogens with one attached hydrogen (secondary N) is 1. The Bertz CT molecular complexity index is 1130. The van der Waals surface area contributed by atoms with E-state index in [-0.39, 0.29) is 6.04 Å². The van der Waals surface area contributed by atoms with Gasteiger partial charge in [0.1, 0.15) is 11.2 Å². The van der Waals surface area contributed by atoms with Crippen molar-refractivity contribution < 1.29 is 13.2 Å². The molecule has 3 aromatic rings. The number of fused-ring (bicyclic) bond motifs is 1. The molecule has 0 saturated carbocycles. The molecule has 180 valence electrons. The molecule has 0 unspecified atom stereocenters. The van der Waals surface area contributed by atoms with Crippen molar-refractivity contribution in [2.24, 2.45) is 0 Å². The predicted molar refractivity (Wildman–Crippen MR) is 127 cm³/mol. The maximum atomic E-state index is 13.0. The Hall–Kier alpha value is -2.78. The molecule has 2 fully saturated rings. The summed E-state index contributed by atoms with van der Waals surface area (Å²) in [6.07, 6.45) is 1.93. The van der Waals surface area contributed by atoms with Crippen LogP contribution in [0.15, 0.2) is 42.6 Å². The zero-order chi connectivity index (χ0) is 23.7. The van der Waals surface area contributed by atoms with E-state index in [1.165, 1.54) is 25.0 Å². The lowest BCUT2D eigenvalue weighted by atomic mass is 9.98. The number of anilines is 1. The quantitative estimate of drug-likeness (QED) is 0.598. The lowest BCUT2D eigenvalue weighted by Crippen LogP contribution is -2.50. The largest absolute Gasteiger partial charge is 0.416 e. The maximum Gasteiger partial charge on any atom is 0.416 e. The minimum atomic E-state index is -4.37. The molecule has 4 heterocycles. The summed E-state index contributed by atoms with van der Waals surface area (Å²) in [7, 11) is 2.18. The number of pyridine rings is 1. The third-order valence-corrected chi connectivity index (χ3v) is 7.02. The van der Waals surface area contributed by atoms with E-state index in [1.54, 1.807) is 6.20 Å². The van der Waals surface area contributed by atoms with Crippen LogP contribution in [0.5, 0.6) is 0 Å². The van der Waals surface area contributed by atoms with Crippen LogP contribution >= 0.6 is 0 Å². The molecule has 1 atom stereocenters. The number of aromatic nitrogens is 3. The average Bonchev–Trinajstić information content (AvgIpc) is 2.84. The molecule has 0 spiro atoms. The number of likely N-dealkylation sites (tertiary alicyclic amines) is 2. The summed E-state index contributed by atoms with van der Waals surface area (Å²) in [5.74, 6) is 0.626. The van der Waals surface area contributed by atoms with E-state index in [0.29, 0.717) is 28.6 Å². The molecule has 1 aromatic carbocycles. The van der Waals surface area contributed by atoms with E-state index in [4.69, 9.17) is 0 Å². The van der Waals surface area contributed by atoms with Crippen LogP contribution in [0.25, 0.3) is 22.2 Å². The molecule has 0 amide bonds. The van der Waals surface area contributed by atoms with Crippen molar-refractivity contribution in [3.63, 3.8) is 0 Å². The molecule has 2 saturated heterocycles. The first-order valence-corrected chi connectivity index (χ1v) is 11.9. The van der Waals surface area contributed by atoms with Crippen molar-refractivity contribution in [3.8, 4) is 11.3 Å². The number of hydrogen-bond donors (Lipinski definition) is 1. The van der Waals surface area contributed by atoms with Crippen LogP contribution < -0.4 is 5.32 Å². The van der Waals surface area contributed by atoms with Gasteiger partial charge in [-0.2, -0.15) is 13.2 Å². The van der Waals surface area contributed by atoms with Gasteiger partial charge in [0.2, 0.25) is 0 Å². The minimum absolute atomic E-state index is 0.254. The predicted octanol–water partition coefficient (Wildman–Crippen LogP) is 4.68. The third kappa shape index (κ3) is 4.86. The van der Waals surface area contributed by atoms with Crippen LogP contribution in [-0.4, -0.2) is 70.3 Å². The van der Waals surface area contributed by atoms with Crippen LogP contribution in [0.4, 0.5) is 19.0 Å². The number of alkyl halides is 3. The zero-order valence-electron chi connectivity index (χ0n) is 19.2. The molecule has 2 aliphatic rings. The lowest BCUT2D eigenvalue weighted by molar-refractivity contribution is -0.137. The van der Waals surface area contributed by atoms with Crippen LogP contribution in [0.2, 0.25) is 0 Å². The molecule has 0 bridgehead atoms. The highest BCUT2D eigenvalue weighted by atomic mass is 19.4. The van der Waals surface area contributed by atoms with Crippen LogP contribution in [0.3, 0.4) is 0 Å². The Balaban J connectivity index is 1.37. The van der Waals surface area contributed by atoms with E-state index in [0.717, 1.165) is 56.5 Å². The highest BCUT2D eigenvalue weighted by Crippen LogP contribution is 2.33. The van der Waals surface area contributed by atoms with E-state index in [1.807, 2.05) is 12.1 Å². The van der Waals surface area contributed by atoms with Gasteiger partial charge < -0.3 is 10.2 Å². The number of rotatable bonds is 4. The second-order valence-electron chi connectivity index (χ2n) is 9.38. The highest BCUT2D eigenvalue weighted by Gasteiger charge is 2.31. The summed E-state index contributed by atoms with van der Waals surface area (Å²) < 4.78 is 38.9. The summed E-state index contributed by atoms with van der Waals surface area (Å²) in [5.41, 5.74) is 1.11. The minimum Gasteiger partial charge on any atom is -0.363 e. The summed E-state index contributed by atoms with van der Waals surface area (Å²) in [6.45, 7) is 4.38. The van der Waals surface area contributed by atoms with E-state index >= 15 is 0 Å². The molecule has 6 nitrogen and oxygen atoms in total. The smallest absolute Gasteiger partial charge is 0.363 e. The van der Waals surface area contributed by atoms with Gasteiger partial charge in [-0.3, -0.25) is 9.88 Å². The third-order valence-electron chi connectivity index (χ3n) is 7.02. The molecule has 9 heteroatoms. The first kappa shape index (κ1) is 23.0. The van der Waals surface area contributed by atoms with Gasteiger partial charge in [-0.05, 0) is 76.6 Å². The zero-order valence-corrected chi connectivity index (χ0v) is 19.2. The monoisotopic (exact) mass is 470 g/mol. The van der Waals surface area contributed by atoms with Gasteiger partial charge in [0.25, 0.3) is 0 Å². The first-order chi connectivity index (χ1) is 16.4. The summed E-state index contributed by atoms with van der Waals surface area (Å²) in [5, 5.41) is 13.2. The van der Waals surface area contributed by atoms with Crippen molar-refractivity contribution in [2.45, 2.75) is 43.9 Å². The maximum absolute atomic E-state index is 13.0. The van der Waals surface area contributed by atoms with Gasteiger partial charge in [0, 0.05) is 35.8 Å². The van der Waals surface area contributed by atoms with Gasteiger partial charge in [-0.25, -0.2) is 0 Å². The van der Waals surface area contributed by atoms with Crippen LogP contribution in [-0.2, 0) is 6.18 Å². The topological polar surface area (TPSA) is 57.2 Å². The molecule has 2 aliphatic heterocycles. The van der Waals surface area contributed by atoms with E-state index < -0.39 is 11.7 Å². The van der Waals surface area contributed by atoms with E-state index in [9.17, 15) is 13.2 Å². The number of nitrogens with zero attached hydrogens (tertiary/aromatic N) is 5. The van der Waals surface area contributed by atoms with Crippen molar-refractivity contribution in [3.05, 3.63) is 48.2 Å². The van der Waals surface area contributed by atoms with E-state index in [2.05, 4.69) is 37.3 Å². The summed E-state index contributed by atoms with van der Waals surface area (Å²) in [6, 6.07) is 9.61. The summed E-state index contributed by atoms with van der Waals surface area (Å²) >= 11 is 0. The fourth-order valence-electron chi connectivity index (χ4n) is 5.12. The fraction of sp³-hybridized carbons (Fsp3) is 0.480. The Morgan fingerprint density at radius 2 is 1.74 bits per heavy atom. The Morgan fingerprint density at radius 3 is 2.47 bits per heavy atom. The molecule has 0 aliphatic carbocycles. The highest BCUT2D eigenvalue weighted by molar-refractivity contribution is 5.97. The van der Waals surface area contributed by atoms with Gasteiger partial charge in [0.15, 0.2) is 5.82 Å². The Morgan fingerprint density at radius 1 is 0.971 bits per heavy atom. The number of hydrogen-bond acceptors (Lipinski definition) is 6. The Labute approximate surface area is 197 Å². The van der Waals surface area contributed by atoms with Crippen LogP contribution in [0.1, 0.15) is 31.2 Å². The molecule has 0 radical (unpaired) electrons. The molecule has 1 N–H and O–H groups in total. The van der Waals surface area contributed by atoms with Crippen molar-refractivity contribution in [1.29, 1.82) is 0 Å². The number of halogens is 3. The second-order valence-corrected chi connectivity index (χ2v) is 9.38. The number of benzene rings is 1. The molecule has 5 rings (SSSR count). The standard InChI is InChI=1S/C25H29F3N6/c1-33-14-10-20(11-15-33)34-13-3-4-19(16-34)30-24-23-21(5-2-12-29-23)22(31-32-24)17-6-8-18(9-7-17)25(26,27)28/h2,5-9,12,19-20H,3-4,10-11,13-16H2,1H3,(H,30,32)/t19-/m1/s1. The van der Waals surface area contributed by atoms with Gasteiger partial charge in [-0.15, -0.1) is 10.2 Å². The van der Waals surface area contributed by atoms with Crippen molar-refractivity contribution in [2.75, 3.05) is 38.5 Å². The van der Waals surface area contributed by atoms with Crippen molar-refractivity contribution in [1.82, 2.24) is 25.0 Å². The molecular formula is C25H29F3N6. The van der Waals surface area contributed by atoms with Gasteiger partial charge >= 0.3 is 6.18 Å². The van der Waals surface area contributed by atoms with Crippen molar-refractivity contribution >= 4 is 16.7 Å². The first-order valence-electron chi connectivity index (χ1n) is 11.9. The second kappa shape index (κ2) is 9.46. The summed E-state index contributed by atoms with van der Waals surface area (Å²) in [4.78, 5) is 9.54. The molecular weight excluding hydrogens is 441 g/mol. The fourth-order valence-corrected chi connectivity index (χ4v) is 5.12. The average molecular weight is 471 g/mol. The molecule has 34 heavy (non-hydrogen) atoms. The molecule has 2 aromatic heterocycles.